The van der Waals surface area contributed by atoms with Gasteiger partial charge in [-0.1, -0.05) is 43.3 Å². The fraction of sp³-hybridized carbons (Fsp3) is 0.217. The topological polar surface area (TPSA) is 83.6 Å². The summed E-state index contributed by atoms with van der Waals surface area (Å²) < 4.78 is 55.5. The van der Waals surface area contributed by atoms with Crippen molar-refractivity contribution >= 4 is 25.7 Å². The maximum absolute atomic E-state index is 13.0. The molecule has 1 aliphatic heterocycles. The van der Waals surface area contributed by atoms with Crippen LogP contribution in [0, 0.1) is 0 Å². The quantitative estimate of drug-likeness (QED) is 0.612. The molecule has 0 fully saturated rings. The smallest absolute Gasteiger partial charge is 0.261 e. The van der Waals surface area contributed by atoms with Gasteiger partial charge in [-0.25, -0.2) is 16.8 Å². The lowest BCUT2D eigenvalue weighted by atomic mass is 10.0. The Hall–Kier alpha value is -2.68. The number of nitrogens with zero attached hydrogens (tertiary/aromatic N) is 1. The van der Waals surface area contributed by atoms with Crippen LogP contribution in [-0.4, -0.2) is 27.7 Å². The summed E-state index contributed by atoms with van der Waals surface area (Å²) >= 11 is 0. The third-order valence-corrected chi connectivity index (χ3v) is 8.72. The van der Waals surface area contributed by atoms with Crippen LogP contribution < -0.4 is 4.72 Å². The molecular formula is C23H24N2O4S2. The summed E-state index contributed by atoms with van der Waals surface area (Å²) in [5, 5.41) is 0. The summed E-state index contributed by atoms with van der Waals surface area (Å²) in [6.07, 6.45) is 1.41. The van der Waals surface area contributed by atoms with Crippen molar-refractivity contribution in [3.63, 3.8) is 0 Å². The Balaban J connectivity index is 1.57. The maximum Gasteiger partial charge on any atom is 0.261 e. The molecule has 0 unspecified atom stereocenters. The van der Waals surface area contributed by atoms with Gasteiger partial charge >= 0.3 is 0 Å². The average molecular weight is 457 g/mol. The fourth-order valence-corrected chi connectivity index (χ4v) is 6.15. The number of aryl methyl sites for hydroxylation is 1. The molecule has 0 atom stereocenters. The molecule has 0 radical (unpaired) electrons. The second-order valence-electron chi connectivity index (χ2n) is 7.49. The lowest BCUT2D eigenvalue weighted by Gasteiger charge is -2.28. The van der Waals surface area contributed by atoms with Crippen molar-refractivity contribution in [3.05, 3.63) is 89.5 Å². The van der Waals surface area contributed by atoms with E-state index in [0.29, 0.717) is 18.7 Å². The van der Waals surface area contributed by atoms with Crippen LogP contribution in [0.2, 0.25) is 0 Å². The summed E-state index contributed by atoms with van der Waals surface area (Å²) in [5.41, 5.74) is 3.30. The van der Waals surface area contributed by atoms with E-state index in [0.717, 1.165) is 23.1 Å². The molecule has 0 saturated carbocycles. The standard InChI is InChI=1S/C23H24N2O4S2/c1-2-18-8-12-22(13-9-18)30(26,27)24-21-11-10-19-14-15-25(17-20(19)16-21)31(28,29)23-6-4-3-5-7-23/h3-13,16,24H,2,14-15,17H2,1H3. The molecular weight excluding hydrogens is 432 g/mol. The molecule has 3 aromatic rings. The van der Waals surface area contributed by atoms with E-state index < -0.39 is 20.0 Å². The number of sulfonamides is 2. The third kappa shape index (κ3) is 4.51. The zero-order chi connectivity index (χ0) is 22.1. The van der Waals surface area contributed by atoms with Crippen LogP contribution >= 0.6 is 0 Å². The van der Waals surface area contributed by atoms with Gasteiger partial charge in [-0.3, -0.25) is 4.72 Å². The number of hydrogen-bond acceptors (Lipinski definition) is 4. The molecule has 4 rings (SSSR count). The molecule has 1 aliphatic rings. The predicted octanol–water partition coefficient (Wildman–Crippen LogP) is 3.80. The Kier molecular flexibility index (Phi) is 5.88. The van der Waals surface area contributed by atoms with Gasteiger partial charge in [0.2, 0.25) is 10.0 Å². The van der Waals surface area contributed by atoms with Gasteiger partial charge in [0.1, 0.15) is 0 Å². The van der Waals surface area contributed by atoms with Gasteiger partial charge in [0.25, 0.3) is 10.0 Å². The minimum absolute atomic E-state index is 0.190. The van der Waals surface area contributed by atoms with E-state index in [1.54, 1.807) is 66.7 Å². The van der Waals surface area contributed by atoms with Crippen LogP contribution in [0.1, 0.15) is 23.6 Å². The number of anilines is 1. The highest BCUT2D eigenvalue weighted by atomic mass is 32.2. The van der Waals surface area contributed by atoms with Crippen LogP contribution in [0.5, 0.6) is 0 Å². The number of hydrogen-bond donors (Lipinski definition) is 1. The molecule has 31 heavy (non-hydrogen) atoms. The number of rotatable bonds is 6. The average Bonchev–Trinajstić information content (AvgIpc) is 2.79. The van der Waals surface area contributed by atoms with E-state index >= 15 is 0 Å². The monoisotopic (exact) mass is 456 g/mol. The van der Waals surface area contributed by atoms with Gasteiger partial charge in [-0.15, -0.1) is 0 Å². The summed E-state index contributed by atoms with van der Waals surface area (Å²) in [6, 6.07) is 20.4. The zero-order valence-corrected chi connectivity index (χ0v) is 18.8. The summed E-state index contributed by atoms with van der Waals surface area (Å²) in [5.74, 6) is 0. The summed E-state index contributed by atoms with van der Waals surface area (Å²) in [4.78, 5) is 0.446. The molecule has 162 valence electrons. The molecule has 0 aromatic heterocycles. The van der Waals surface area contributed by atoms with Crippen LogP contribution in [0.3, 0.4) is 0 Å². The molecule has 3 aromatic carbocycles. The normalized spacial score (nSPS) is 14.7. The van der Waals surface area contributed by atoms with Crippen molar-refractivity contribution in [3.8, 4) is 0 Å². The van der Waals surface area contributed by atoms with Gasteiger partial charge in [-0.2, -0.15) is 4.31 Å². The lowest BCUT2D eigenvalue weighted by molar-refractivity contribution is 0.391. The number of nitrogens with one attached hydrogen (secondary N) is 1. The van der Waals surface area contributed by atoms with E-state index in [4.69, 9.17) is 0 Å². The first-order valence-electron chi connectivity index (χ1n) is 10.1. The van der Waals surface area contributed by atoms with Gasteiger partial charge in [0.05, 0.1) is 9.79 Å². The largest absolute Gasteiger partial charge is 0.280 e. The molecule has 0 spiro atoms. The van der Waals surface area contributed by atoms with Crippen LogP contribution in [0.15, 0.2) is 82.6 Å². The van der Waals surface area contributed by atoms with E-state index in [9.17, 15) is 16.8 Å². The highest BCUT2D eigenvalue weighted by Gasteiger charge is 2.28. The first kappa shape index (κ1) is 21.5. The molecule has 1 N–H and O–H groups in total. The molecule has 0 aliphatic carbocycles. The van der Waals surface area contributed by atoms with Crippen molar-refractivity contribution in [2.24, 2.45) is 0 Å². The SMILES string of the molecule is CCc1ccc(S(=O)(=O)Nc2ccc3c(c2)CN(S(=O)(=O)c2ccccc2)CC3)cc1. The van der Waals surface area contributed by atoms with E-state index in [2.05, 4.69) is 4.72 Å². The van der Waals surface area contributed by atoms with Crippen LogP contribution in [0.4, 0.5) is 5.69 Å². The van der Waals surface area contributed by atoms with Gasteiger partial charge < -0.3 is 0 Å². The Bertz CT molecular complexity index is 1290. The minimum Gasteiger partial charge on any atom is -0.280 e. The highest BCUT2D eigenvalue weighted by Crippen LogP contribution is 2.28. The second kappa shape index (κ2) is 8.45. The summed E-state index contributed by atoms with van der Waals surface area (Å²) in [6.45, 7) is 2.60. The van der Waals surface area contributed by atoms with Crippen molar-refractivity contribution in [1.82, 2.24) is 4.31 Å². The second-order valence-corrected chi connectivity index (χ2v) is 11.1. The minimum atomic E-state index is -3.73. The predicted molar refractivity (Wildman–Crippen MR) is 121 cm³/mol. The zero-order valence-electron chi connectivity index (χ0n) is 17.2. The van der Waals surface area contributed by atoms with Crippen LogP contribution in [-0.2, 0) is 39.4 Å². The maximum atomic E-state index is 13.0. The fourth-order valence-electron chi connectivity index (χ4n) is 3.66. The van der Waals surface area contributed by atoms with Crippen molar-refractivity contribution in [1.29, 1.82) is 0 Å². The summed E-state index contributed by atoms with van der Waals surface area (Å²) in [7, 11) is -7.34. The number of fused-ring (bicyclic) bond motifs is 1. The first-order valence-corrected chi connectivity index (χ1v) is 13.0. The van der Waals surface area contributed by atoms with Gasteiger partial charge in [0, 0.05) is 18.8 Å². The molecule has 6 nitrogen and oxygen atoms in total. The Morgan fingerprint density at radius 2 is 1.55 bits per heavy atom. The molecule has 0 saturated heterocycles. The Morgan fingerprint density at radius 3 is 2.23 bits per heavy atom. The Labute approximate surface area is 183 Å². The lowest BCUT2D eigenvalue weighted by Crippen LogP contribution is -2.36. The first-order chi connectivity index (χ1) is 14.8. The van der Waals surface area contributed by atoms with Crippen molar-refractivity contribution in [2.75, 3.05) is 11.3 Å². The van der Waals surface area contributed by atoms with Gasteiger partial charge in [-0.05, 0) is 65.9 Å². The molecule has 1 heterocycles. The van der Waals surface area contributed by atoms with Gasteiger partial charge in [0.15, 0.2) is 0 Å². The van der Waals surface area contributed by atoms with Crippen molar-refractivity contribution < 1.29 is 16.8 Å². The van der Waals surface area contributed by atoms with E-state index in [1.165, 1.54) is 4.31 Å². The molecule has 0 bridgehead atoms. The van der Waals surface area contributed by atoms with Crippen LogP contribution in [0.25, 0.3) is 0 Å². The molecule has 8 heteroatoms. The Morgan fingerprint density at radius 1 is 0.839 bits per heavy atom. The van der Waals surface area contributed by atoms with E-state index in [1.807, 2.05) is 13.0 Å². The third-order valence-electron chi connectivity index (χ3n) is 5.46. The molecule has 0 amide bonds. The van der Waals surface area contributed by atoms with Crippen molar-refractivity contribution in [2.45, 2.75) is 36.1 Å². The van der Waals surface area contributed by atoms with E-state index in [-0.39, 0.29) is 16.3 Å². The number of benzene rings is 3. The highest BCUT2D eigenvalue weighted by molar-refractivity contribution is 7.92.